The van der Waals surface area contributed by atoms with Crippen LogP contribution in [-0.2, 0) is 16.0 Å². The van der Waals surface area contributed by atoms with Gasteiger partial charge in [0.2, 0.25) is 0 Å². The van der Waals surface area contributed by atoms with Crippen LogP contribution < -0.4 is 10.5 Å². The molecule has 0 saturated heterocycles. The summed E-state index contributed by atoms with van der Waals surface area (Å²) < 4.78 is 9.90. The molecule has 2 N–H and O–H groups in total. The summed E-state index contributed by atoms with van der Waals surface area (Å²) in [6, 6.07) is 5.99. The van der Waals surface area contributed by atoms with E-state index in [2.05, 4.69) is 10.8 Å². The largest absolute Gasteiger partial charge is 0.497 e. The number of fused-ring (bicyclic) bond motifs is 1. The molecule has 1 aliphatic rings. The molecule has 1 aromatic rings. The number of hydrogen-bond acceptors (Lipinski definition) is 5. The van der Waals surface area contributed by atoms with E-state index in [9.17, 15) is 4.79 Å². The zero-order chi connectivity index (χ0) is 13.8. The number of nitrogens with two attached hydrogens (primary N) is 1. The minimum atomic E-state index is -0.200. The van der Waals surface area contributed by atoms with Gasteiger partial charge in [0.25, 0.3) is 0 Å². The molecule has 0 saturated carbocycles. The molecule has 0 amide bonds. The number of hydrogen-bond donors (Lipinski definition) is 1. The molecule has 104 valence electrons. The number of thioether (sulfide) groups is 1. The van der Waals surface area contributed by atoms with Crippen LogP contribution in [0.25, 0.3) is 0 Å². The highest BCUT2D eigenvalue weighted by molar-refractivity contribution is 8.00. The zero-order valence-corrected chi connectivity index (χ0v) is 12.0. The molecule has 5 heteroatoms. The van der Waals surface area contributed by atoms with Gasteiger partial charge in [-0.15, -0.1) is 11.8 Å². The summed E-state index contributed by atoms with van der Waals surface area (Å²) in [5.41, 5.74) is 8.73. The molecular weight excluding hydrogens is 262 g/mol. The van der Waals surface area contributed by atoms with E-state index in [-0.39, 0.29) is 17.3 Å². The summed E-state index contributed by atoms with van der Waals surface area (Å²) in [4.78, 5) is 11.2. The van der Waals surface area contributed by atoms with Gasteiger partial charge in [0, 0.05) is 11.3 Å². The van der Waals surface area contributed by atoms with Crippen molar-refractivity contribution in [2.75, 3.05) is 20.0 Å². The van der Waals surface area contributed by atoms with Gasteiger partial charge in [-0.05, 0) is 36.1 Å². The smallest absolute Gasteiger partial charge is 0.315 e. The van der Waals surface area contributed by atoms with Crippen LogP contribution >= 0.6 is 11.8 Å². The van der Waals surface area contributed by atoms with E-state index >= 15 is 0 Å². The van der Waals surface area contributed by atoms with E-state index in [4.69, 9.17) is 10.5 Å². The number of ether oxygens (including phenoxy) is 2. The fourth-order valence-electron chi connectivity index (χ4n) is 2.34. The molecule has 0 bridgehead atoms. The summed E-state index contributed by atoms with van der Waals surface area (Å²) >= 11 is 1.57. The average Bonchev–Trinajstić information content (AvgIpc) is 2.46. The average molecular weight is 281 g/mol. The maximum atomic E-state index is 11.2. The SMILES string of the molecule is COC(=O)CSC1CCc2ccc(OC)cc2C1N. The van der Waals surface area contributed by atoms with E-state index in [0.29, 0.717) is 5.75 Å². The van der Waals surface area contributed by atoms with Gasteiger partial charge in [-0.25, -0.2) is 0 Å². The molecule has 0 aliphatic heterocycles. The summed E-state index contributed by atoms with van der Waals surface area (Å²) in [5.74, 6) is 0.982. The number of benzene rings is 1. The summed E-state index contributed by atoms with van der Waals surface area (Å²) in [6.45, 7) is 0. The van der Waals surface area contributed by atoms with Crippen LogP contribution in [0.1, 0.15) is 23.6 Å². The molecule has 1 aromatic carbocycles. The highest BCUT2D eigenvalue weighted by Crippen LogP contribution is 2.37. The number of carbonyl (C=O) groups excluding carboxylic acids is 1. The van der Waals surface area contributed by atoms with E-state index in [0.717, 1.165) is 24.2 Å². The van der Waals surface area contributed by atoms with Crippen molar-refractivity contribution in [2.24, 2.45) is 5.73 Å². The number of esters is 1. The second-order valence-electron chi connectivity index (χ2n) is 4.55. The maximum absolute atomic E-state index is 11.2. The zero-order valence-electron chi connectivity index (χ0n) is 11.2. The Morgan fingerprint density at radius 3 is 2.95 bits per heavy atom. The monoisotopic (exact) mass is 281 g/mol. The molecule has 0 aromatic heterocycles. The third-order valence-corrected chi connectivity index (χ3v) is 4.81. The van der Waals surface area contributed by atoms with Crippen LogP contribution in [0.5, 0.6) is 5.75 Å². The fraction of sp³-hybridized carbons (Fsp3) is 0.500. The minimum Gasteiger partial charge on any atom is -0.497 e. The van der Waals surface area contributed by atoms with Gasteiger partial charge < -0.3 is 15.2 Å². The quantitative estimate of drug-likeness (QED) is 0.854. The minimum absolute atomic E-state index is 0.0616. The molecule has 4 nitrogen and oxygen atoms in total. The van der Waals surface area contributed by atoms with Gasteiger partial charge in [-0.1, -0.05) is 6.07 Å². The van der Waals surface area contributed by atoms with Crippen molar-refractivity contribution in [2.45, 2.75) is 24.1 Å². The second-order valence-corrected chi connectivity index (χ2v) is 5.78. The Labute approximate surface area is 117 Å². The highest BCUT2D eigenvalue weighted by atomic mass is 32.2. The Kier molecular flexibility index (Phi) is 4.71. The predicted octanol–water partition coefficient (Wildman–Crippen LogP) is 1.92. The lowest BCUT2D eigenvalue weighted by molar-refractivity contribution is -0.137. The Morgan fingerprint density at radius 2 is 2.26 bits per heavy atom. The maximum Gasteiger partial charge on any atom is 0.315 e. The van der Waals surface area contributed by atoms with Gasteiger partial charge in [-0.2, -0.15) is 0 Å². The van der Waals surface area contributed by atoms with Crippen LogP contribution in [0.15, 0.2) is 18.2 Å². The summed E-state index contributed by atoms with van der Waals surface area (Å²) in [5, 5.41) is 0.249. The molecule has 0 fully saturated rings. The molecule has 0 radical (unpaired) electrons. The van der Waals surface area contributed by atoms with Crippen LogP contribution in [0.3, 0.4) is 0 Å². The Bertz CT molecular complexity index is 464. The topological polar surface area (TPSA) is 61.5 Å². The Balaban J connectivity index is 2.09. The molecule has 19 heavy (non-hydrogen) atoms. The predicted molar refractivity (Wildman–Crippen MR) is 76.5 cm³/mol. The summed E-state index contributed by atoms with van der Waals surface area (Å²) in [7, 11) is 3.06. The number of aryl methyl sites for hydroxylation is 1. The molecule has 1 aliphatic carbocycles. The third kappa shape index (κ3) is 3.22. The van der Waals surface area contributed by atoms with Crippen LogP contribution in [0, 0.1) is 0 Å². The van der Waals surface area contributed by atoms with E-state index in [1.54, 1.807) is 18.9 Å². The molecule has 2 rings (SSSR count). The second kappa shape index (κ2) is 6.30. The highest BCUT2D eigenvalue weighted by Gasteiger charge is 2.28. The van der Waals surface area contributed by atoms with Crippen molar-refractivity contribution in [1.82, 2.24) is 0 Å². The molecule has 0 heterocycles. The van der Waals surface area contributed by atoms with E-state index < -0.39 is 0 Å². The lowest BCUT2D eigenvalue weighted by Gasteiger charge is -2.30. The first-order valence-electron chi connectivity index (χ1n) is 6.26. The number of rotatable bonds is 4. The van der Waals surface area contributed by atoms with Crippen LogP contribution in [-0.4, -0.2) is 31.2 Å². The standard InChI is InChI=1S/C14H19NO3S/c1-17-10-5-3-9-4-6-12(14(15)11(9)7-10)19-8-13(16)18-2/h3,5,7,12,14H,4,6,8,15H2,1-2H3. The molecular formula is C14H19NO3S. The Hall–Kier alpha value is -1.20. The van der Waals surface area contributed by atoms with Gasteiger partial charge in [0.1, 0.15) is 5.75 Å². The normalized spacial score (nSPS) is 21.6. The van der Waals surface area contributed by atoms with Gasteiger partial charge in [-0.3, -0.25) is 4.79 Å². The van der Waals surface area contributed by atoms with E-state index in [1.165, 1.54) is 12.7 Å². The molecule has 2 unspecified atom stereocenters. The lowest BCUT2D eigenvalue weighted by Crippen LogP contribution is -2.30. The van der Waals surface area contributed by atoms with Crippen molar-refractivity contribution in [3.05, 3.63) is 29.3 Å². The molecule has 0 spiro atoms. The van der Waals surface area contributed by atoms with Crippen molar-refractivity contribution >= 4 is 17.7 Å². The van der Waals surface area contributed by atoms with Gasteiger partial charge in [0.05, 0.1) is 20.0 Å². The van der Waals surface area contributed by atoms with Crippen LogP contribution in [0.4, 0.5) is 0 Å². The molecule has 2 atom stereocenters. The number of methoxy groups -OCH3 is 2. The van der Waals surface area contributed by atoms with Crippen molar-refractivity contribution < 1.29 is 14.3 Å². The Morgan fingerprint density at radius 1 is 1.47 bits per heavy atom. The van der Waals surface area contributed by atoms with E-state index in [1.807, 2.05) is 12.1 Å². The lowest BCUT2D eigenvalue weighted by atomic mass is 9.87. The fourth-order valence-corrected chi connectivity index (χ4v) is 3.44. The summed E-state index contributed by atoms with van der Waals surface area (Å²) in [6.07, 6.45) is 1.98. The first kappa shape index (κ1) is 14.2. The third-order valence-electron chi connectivity index (χ3n) is 3.45. The number of carbonyl (C=O) groups is 1. The first-order valence-corrected chi connectivity index (χ1v) is 7.31. The van der Waals surface area contributed by atoms with Gasteiger partial charge in [0.15, 0.2) is 0 Å². The first-order chi connectivity index (χ1) is 9.15. The van der Waals surface area contributed by atoms with Crippen molar-refractivity contribution in [3.63, 3.8) is 0 Å². The van der Waals surface area contributed by atoms with Crippen molar-refractivity contribution in [1.29, 1.82) is 0 Å². The van der Waals surface area contributed by atoms with Crippen LogP contribution in [0.2, 0.25) is 0 Å². The van der Waals surface area contributed by atoms with Crippen molar-refractivity contribution in [3.8, 4) is 5.75 Å². The van der Waals surface area contributed by atoms with Gasteiger partial charge >= 0.3 is 5.97 Å².